The second kappa shape index (κ2) is 11.0. The molecule has 8 heteroatoms. The lowest BCUT2D eigenvalue weighted by Gasteiger charge is -2.15. The van der Waals surface area contributed by atoms with E-state index >= 15 is 0 Å². The van der Waals surface area contributed by atoms with Crippen LogP contribution in [0.2, 0.25) is 5.02 Å². The minimum Gasteiger partial charge on any atom is -0.496 e. The van der Waals surface area contributed by atoms with Gasteiger partial charge in [-0.25, -0.2) is 0 Å². The van der Waals surface area contributed by atoms with E-state index < -0.39 is 0 Å². The van der Waals surface area contributed by atoms with E-state index in [1.165, 1.54) is 0 Å². The van der Waals surface area contributed by atoms with E-state index in [1.54, 1.807) is 34.4 Å². The van der Waals surface area contributed by atoms with Gasteiger partial charge in [0.25, 0.3) is 0 Å². The minimum absolute atomic E-state index is 0. The molecule has 0 radical (unpaired) electrons. The number of guanidine groups is 1. The van der Waals surface area contributed by atoms with Crippen molar-refractivity contribution in [2.75, 3.05) is 33.7 Å². The van der Waals surface area contributed by atoms with Crippen molar-refractivity contribution >= 4 is 47.2 Å². The molecule has 2 aromatic rings. The summed E-state index contributed by atoms with van der Waals surface area (Å²) in [4.78, 5) is 4.23. The molecule has 0 aliphatic carbocycles. The first-order valence-electron chi connectivity index (χ1n) is 7.63. The smallest absolute Gasteiger partial charge is 0.195 e. The van der Waals surface area contributed by atoms with Gasteiger partial charge in [-0.1, -0.05) is 17.7 Å². The molecule has 2 N–H and O–H groups in total. The Hall–Kier alpha value is -1.87. The molecule has 0 saturated heterocycles. The fraction of sp³-hybridized carbons (Fsp3) is 0.278. The standard InChI is InChI=1S/C18H22ClN3O3.HI/c1-20-18(21-11-12-5-6-13(19)9-16(12)24-3)22-14-7-8-15(23-2)17(10-14)25-4;/h5-10H,11H2,1-4H3,(H2,20,21,22);1H. The van der Waals surface area contributed by atoms with Crippen LogP contribution >= 0.6 is 35.6 Å². The van der Waals surface area contributed by atoms with Crippen molar-refractivity contribution in [1.82, 2.24) is 5.32 Å². The zero-order valence-corrected chi connectivity index (χ0v) is 18.2. The number of rotatable bonds is 6. The molecule has 0 atom stereocenters. The fourth-order valence-electron chi connectivity index (χ4n) is 2.27. The summed E-state index contributed by atoms with van der Waals surface area (Å²) in [5.41, 5.74) is 1.80. The highest BCUT2D eigenvalue weighted by Gasteiger charge is 2.08. The van der Waals surface area contributed by atoms with E-state index in [1.807, 2.05) is 30.3 Å². The monoisotopic (exact) mass is 491 g/mol. The Morgan fingerprint density at radius 2 is 1.65 bits per heavy atom. The lowest BCUT2D eigenvalue weighted by molar-refractivity contribution is 0.355. The molecule has 142 valence electrons. The van der Waals surface area contributed by atoms with Gasteiger partial charge in [0.15, 0.2) is 17.5 Å². The van der Waals surface area contributed by atoms with Crippen molar-refractivity contribution in [1.29, 1.82) is 0 Å². The van der Waals surface area contributed by atoms with Crippen LogP contribution in [-0.4, -0.2) is 34.3 Å². The summed E-state index contributed by atoms with van der Waals surface area (Å²) in [6.45, 7) is 0.535. The van der Waals surface area contributed by atoms with Gasteiger partial charge in [0.05, 0.1) is 21.3 Å². The number of nitrogens with one attached hydrogen (secondary N) is 2. The molecule has 0 saturated carbocycles. The van der Waals surface area contributed by atoms with Crippen LogP contribution in [0, 0.1) is 0 Å². The van der Waals surface area contributed by atoms with Crippen molar-refractivity contribution in [2.24, 2.45) is 4.99 Å². The van der Waals surface area contributed by atoms with Gasteiger partial charge in [-0.05, 0) is 24.3 Å². The molecule has 0 heterocycles. The molecule has 0 aliphatic rings. The highest BCUT2D eigenvalue weighted by atomic mass is 127. The normalized spacial score (nSPS) is 10.6. The molecular formula is C18H23ClIN3O3. The number of ether oxygens (including phenoxy) is 3. The van der Waals surface area contributed by atoms with E-state index in [2.05, 4.69) is 15.6 Å². The van der Waals surface area contributed by atoms with Crippen LogP contribution < -0.4 is 24.8 Å². The number of benzene rings is 2. The zero-order chi connectivity index (χ0) is 18.2. The first-order valence-corrected chi connectivity index (χ1v) is 8.01. The molecule has 2 aromatic carbocycles. The maximum Gasteiger partial charge on any atom is 0.195 e. The summed E-state index contributed by atoms with van der Waals surface area (Å²) < 4.78 is 15.9. The van der Waals surface area contributed by atoms with Crippen molar-refractivity contribution in [3.63, 3.8) is 0 Å². The van der Waals surface area contributed by atoms with Gasteiger partial charge in [0, 0.05) is 35.9 Å². The molecule has 2 rings (SSSR count). The third-order valence-electron chi connectivity index (χ3n) is 3.57. The lowest BCUT2D eigenvalue weighted by Crippen LogP contribution is -2.30. The van der Waals surface area contributed by atoms with Crippen LogP contribution in [0.1, 0.15) is 5.56 Å². The SMILES string of the molecule is CN=C(NCc1ccc(Cl)cc1OC)Nc1ccc(OC)c(OC)c1.I. The van der Waals surface area contributed by atoms with Crippen molar-refractivity contribution in [3.05, 3.63) is 47.0 Å². The highest BCUT2D eigenvalue weighted by Crippen LogP contribution is 2.29. The molecule has 0 spiro atoms. The van der Waals surface area contributed by atoms with Crippen LogP contribution in [0.5, 0.6) is 17.2 Å². The number of halogens is 2. The van der Waals surface area contributed by atoms with Crippen molar-refractivity contribution in [2.45, 2.75) is 6.54 Å². The van der Waals surface area contributed by atoms with Crippen LogP contribution in [0.15, 0.2) is 41.4 Å². The Balaban J connectivity index is 0.00000338. The molecule has 0 amide bonds. The number of methoxy groups -OCH3 is 3. The summed E-state index contributed by atoms with van der Waals surface area (Å²) in [5.74, 6) is 2.65. The molecule has 0 aromatic heterocycles. The zero-order valence-electron chi connectivity index (χ0n) is 15.1. The average Bonchev–Trinajstić information content (AvgIpc) is 2.65. The molecular weight excluding hydrogens is 469 g/mol. The van der Waals surface area contributed by atoms with Crippen LogP contribution in [0.3, 0.4) is 0 Å². The van der Waals surface area contributed by atoms with Gasteiger partial charge in [0.2, 0.25) is 0 Å². The molecule has 0 bridgehead atoms. The van der Waals surface area contributed by atoms with E-state index in [9.17, 15) is 0 Å². The van der Waals surface area contributed by atoms with Gasteiger partial charge in [-0.3, -0.25) is 4.99 Å². The van der Waals surface area contributed by atoms with Crippen molar-refractivity contribution < 1.29 is 14.2 Å². The lowest BCUT2D eigenvalue weighted by atomic mass is 10.2. The topological polar surface area (TPSA) is 64.1 Å². The summed E-state index contributed by atoms with van der Waals surface area (Å²) in [6.07, 6.45) is 0. The van der Waals surface area contributed by atoms with Gasteiger partial charge in [-0.15, -0.1) is 24.0 Å². The Kier molecular flexibility index (Phi) is 9.36. The first kappa shape index (κ1) is 22.2. The van der Waals surface area contributed by atoms with Gasteiger partial charge in [-0.2, -0.15) is 0 Å². The predicted molar refractivity (Wildman–Crippen MR) is 117 cm³/mol. The Labute approximate surface area is 175 Å². The van der Waals surface area contributed by atoms with Crippen molar-refractivity contribution in [3.8, 4) is 17.2 Å². The first-order chi connectivity index (χ1) is 12.1. The van der Waals surface area contributed by atoms with Crippen LogP contribution in [0.4, 0.5) is 5.69 Å². The van der Waals surface area contributed by atoms with E-state index in [-0.39, 0.29) is 24.0 Å². The van der Waals surface area contributed by atoms with Gasteiger partial charge in [0.1, 0.15) is 5.75 Å². The van der Waals surface area contributed by atoms with Gasteiger partial charge >= 0.3 is 0 Å². The summed E-state index contributed by atoms with van der Waals surface area (Å²) >= 11 is 5.99. The van der Waals surface area contributed by atoms with Crippen LogP contribution in [-0.2, 0) is 6.54 Å². The van der Waals surface area contributed by atoms with Gasteiger partial charge < -0.3 is 24.8 Å². The maximum absolute atomic E-state index is 5.99. The second-order valence-electron chi connectivity index (χ2n) is 5.08. The Morgan fingerprint density at radius 1 is 0.962 bits per heavy atom. The largest absolute Gasteiger partial charge is 0.496 e. The maximum atomic E-state index is 5.99. The van der Waals surface area contributed by atoms with E-state index in [0.29, 0.717) is 29.0 Å². The number of anilines is 1. The van der Waals surface area contributed by atoms with E-state index in [0.717, 1.165) is 17.0 Å². The average molecular weight is 492 g/mol. The second-order valence-corrected chi connectivity index (χ2v) is 5.51. The molecule has 6 nitrogen and oxygen atoms in total. The Bertz CT molecular complexity index is 756. The number of aliphatic imine (C=N–C) groups is 1. The number of nitrogens with zero attached hydrogens (tertiary/aromatic N) is 1. The Morgan fingerprint density at radius 3 is 2.27 bits per heavy atom. The summed E-state index contributed by atoms with van der Waals surface area (Å²) in [5, 5.41) is 7.08. The molecule has 26 heavy (non-hydrogen) atoms. The minimum atomic E-state index is 0. The molecule has 0 fully saturated rings. The predicted octanol–water partition coefficient (Wildman–Crippen LogP) is 4.17. The number of hydrogen-bond acceptors (Lipinski definition) is 4. The van der Waals surface area contributed by atoms with E-state index in [4.69, 9.17) is 25.8 Å². The van der Waals surface area contributed by atoms with Crippen LogP contribution in [0.25, 0.3) is 0 Å². The third-order valence-corrected chi connectivity index (χ3v) is 3.80. The summed E-state index contributed by atoms with van der Waals surface area (Å²) in [6, 6.07) is 11.1. The quantitative estimate of drug-likeness (QED) is 0.361. The fourth-order valence-corrected chi connectivity index (χ4v) is 2.44. The highest BCUT2D eigenvalue weighted by molar-refractivity contribution is 14.0. The summed E-state index contributed by atoms with van der Waals surface area (Å²) in [7, 11) is 6.52. The number of hydrogen-bond donors (Lipinski definition) is 2. The third kappa shape index (κ3) is 5.84. The molecule has 0 unspecified atom stereocenters. The molecule has 0 aliphatic heterocycles.